The van der Waals surface area contributed by atoms with Gasteiger partial charge in [0.25, 0.3) is 0 Å². The van der Waals surface area contributed by atoms with Gasteiger partial charge in [0, 0.05) is 20.0 Å². The Balaban J connectivity index is 1.71. The van der Waals surface area contributed by atoms with Crippen molar-refractivity contribution >= 4 is 32.9 Å². The van der Waals surface area contributed by atoms with Gasteiger partial charge in [-0.3, -0.25) is 4.68 Å². The molecule has 3 rings (SSSR count). The lowest BCUT2D eigenvalue weighted by Crippen LogP contribution is -2.08. The van der Waals surface area contributed by atoms with Gasteiger partial charge in [-0.15, -0.1) is 11.3 Å². The number of aryl methyl sites for hydroxylation is 2. The zero-order chi connectivity index (χ0) is 14.1. The Morgan fingerprint density at radius 1 is 1.40 bits per heavy atom. The summed E-state index contributed by atoms with van der Waals surface area (Å²) in [7, 11) is 1.86. The molecule has 104 valence electrons. The number of nitrogen functional groups attached to an aromatic ring is 1. The first-order valence-corrected chi connectivity index (χ1v) is 7.18. The summed E-state index contributed by atoms with van der Waals surface area (Å²) in [5.41, 5.74) is 8.71. The average molecular weight is 288 g/mol. The van der Waals surface area contributed by atoms with Crippen molar-refractivity contribution in [3.05, 3.63) is 29.3 Å². The van der Waals surface area contributed by atoms with Crippen molar-refractivity contribution in [1.82, 2.24) is 19.7 Å². The highest BCUT2D eigenvalue weighted by atomic mass is 32.1. The third-order valence-electron chi connectivity index (χ3n) is 2.98. The molecule has 1 aromatic carbocycles. The minimum absolute atomic E-state index is 0.739. The fourth-order valence-corrected chi connectivity index (χ4v) is 2.92. The van der Waals surface area contributed by atoms with Gasteiger partial charge in [0.05, 0.1) is 26.6 Å². The molecule has 0 amide bonds. The lowest BCUT2D eigenvalue weighted by molar-refractivity contribution is 0.742. The van der Waals surface area contributed by atoms with Crippen molar-refractivity contribution in [1.29, 1.82) is 0 Å². The van der Waals surface area contributed by atoms with E-state index in [2.05, 4.69) is 20.4 Å². The Labute approximate surface area is 120 Å². The molecule has 2 aromatic heterocycles. The zero-order valence-corrected chi connectivity index (χ0v) is 12.2. The number of rotatable bonds is 4. The van der Waals surface area contributed by atoms with Gasteiger partial charge in [-0.25, -0.2) is 9.97 Å². The van der Waals surface area contributed by atoms with Gasteiger partial charge in [0.15, 0.2) is 5.82 Å². The average Bonchev–Trinajstić information content (AvgIpc) is 2.95. The van der Waals surface area contributed by atoms with Crippen LogP contribution in [0.4, 0.5) is 11.4 Å². The van der Waals surface area contributed by atoms with Crippen LogP contribution in [0.3, 0.4) is 0 Å². The van der Waals surface area contributed by atoms with E-state index in [4.69, 9.17) is 5.73 Å². The number of nitrogens with one attached hydrogen (secondary N) is 1. The molecule has 20 heavy (non-hydrogen) atoms. The number of hydrogen-bond donors (Lipinski definition) is 2. The van der Waals surface area contributed by atoms with Crippen LogP contribution in [0.2, 0.25) is 0 Å². The highest BCUT2D eigenvalue weighted by Gasteiger charge is 2.06. The topological polar surface area (TPSA) is 81.7 Å². The van der Waals surface area contributed by atoms with E-state index in [0.717, 1.165) is 45.4 Å². The summed E-state index contributed by atoms with van der Waals surface area (Å²) in [5.74, 6) is 0.823. The number of nitrogens with two attached hydrogens (primary N) is 1. The molecule has 0 aliphatic carbocycles. The quantitative estimate of drug-likeness (QED) is 0.717. The van der Waals surface area contributed by atoms with Crippen LogP contribution in [-0.2, 0) is 13.5 Å². The van der Waals surface area contributed by atoms with E-state index in [0.29, 0.717) is 0 Å². The molecule has 0 saturated carbocycles. The molecule has 0 saturated heterocycles. The van der Waals surface area contributed by atoms with Gasteiger partial charge in [0.2, 0.25) is 0 Å². The summed E-state index contributed by atoms with van der Waals surface area (Å²) in [6.45, 7) is 2.74. The number of fused-ring (bicyclic) bond motifs is 1. The maximum Gasteiger partial charge on any atom is 0.152 e. The Morgan fingerprint density at radius 2 is 2.25 bits per heavy atom. The van der Waals surface area contributed by atoms with Crippen LogP contribution >= 0.6 is 11.3 Å². The number of thiazole rings is 1. The summed E-state index contributed by atoms with van der Waals surface area (Å²) in [4.78, 5) is 8.67. The fraction of sp³-hybridized carbons (Fsp3) is 0.308. The predicted octanol–water partition coefficient (Wildman–Crippen LogP) is 1.97. The molecule has 3 N–H and O–H groups in total. The highest BCUT2D eigenvalue weighted by molar-refractivity contribution is 7.18. The molecule has 2 heterocycles. The normalized spacial score (nSPS) is 11.1. The smallest absolute Gasteiger partial charge is 0.152 e. The summed E-state index contributed by atoms with van der Waals surface area (Å²) in [5, 5.41) is 8.61. The molecule has 0 aliphatic heterocycles. The summed E-state index contributed by atoms with van der Waals surface area (Å²) in [6.07, 6.45) is 2.46. The molecular formula is C13H16N6S. The minimum atomic E-state index is 0.739. The van der Waals surface area contributed by atoms with Gasteiger partial charge in [0.1, 0.15) is 6.33 Å². The van der Waals surface area contributed by atoms with Gasteiger partial charge in [-0.2, -0.15) is 5.10 Å². The van der Waals surface area contributed by atoms with Crippen LogP contribution in [0.1, 0.15) is 10.8 Å². The Bertz CT molecular complexity index is 744. The van der Waals surface area contributed by atoms with E-state index in [9.17, 15) is 0 Å². The number of benzene rings is 1. The van der Waals surface area contributed by atoms with Gasteiger partial charge < -0.3 is 11.1 Å². The van der Waals surface area contributed by atoms with Crippen LogP contribution in [0.15, 0.2) is 18.5 Å². The lowest BCUT2D eigenvalue weighted by Gasteiger charge is -2.08. The largest absolute Gasteiger partial charge is 0.397 e. The molecule has 3 aromatic rings. The molecule has 0 unspecified atom stereocenters. The standard InChI is InChI=1S/C13H16N6S/c1-8-17-11-6-10(9(14)5-12(11)20-8)15-4-3-13-16-7-19(2)18-13/h5-7,15H,3-4,14H2,1-2H3. The summed E-state index contributed by atoms with van der Waals surface area (Å²) < 4.78 is 2.82. The van der Waals surface area contributed by atoms with Crippen molar-refractivity contribution in [2.75, 3.05) is 17.6 Å². The molecule has 0 atom stereocenters. The van der Waals surface area contributed by atoms with Crippen LogP contribution in [0.5, 0.6) is 0 Å². The second-order valence-corrected chi connectivity index (χ2v) is 5.89. The third kappa shape index (κ3) is 2.57. The SMILES string of the molecule is Cc1nc2cc(NCCc3ncn(C)n3)c(N)cc2s1. The van der Waals surface area contributed by atoms with Crippen molar-refractivity contribution < 1.29 is 0 Å². The van der Waals surface area contributed by atoms with Crippen LogP contribution in [0, 0.1) is 6.92 Å². The Morgan fingerprint density at radius 3 is 3.00 bits per heavy atom. The van der Waals surface area contributed by atoms with Crippen molar-refractivity contribution in [3.63, 3.8) is 0 Å². The molecule has 0 fully saturated rings. The first-order chi connectivity index (χ1) is 9.61. The minimum Gasteiger partial charge on any atom is -0.397 e. The van der Waals surface area contributed by atoms with Crippen LogP contribution in [-0.4, -0.2) is 26.3 Å². The highest BCUT2D eigenvalue weighted by Crippen LogP contribution is 2.29. The summed E-state index contributed by atoms with van der Waals surface area (Å²) in [6, 6.07) is 3.97. The third-order valence-corrected chi connectivity index (χ3v) is 3.91. The monoisotopic (exact) mass is 288 g/mol. The van der Waals surface area contributed by atoms with Crippen molar-refractivity contribution in [2.24, 2.45) is 7.05 Å². The van der Waals surface area contributed by atoms with E-state index in [-0.39, 0.29) is 0 Å². The van der Waals surface area contributed by atoms with Gasteiger partial charge in [-0.05, 0) is 19.1 Å². The van der Waals surface area contributed by atoms with E-state index in [1.54, 1.807) is 22.3 Å². The van der Waals surface area contributed by atoms with E-state index in [1.165, 1.54) is 0 Å². The zero-order valence-electron chi connectivity index (χ0n) is 11.4. The van der Waals surface area contributed by atoms with E-state index < -0.39 is 0 Å². The molecule has 0 spiro atoms. The number of hydrogen-bond acceptors (Lipinski definition) is 6. The first-order valence-electron chi connectivity index (χ1n) is 6.37. The Hall–Kier alpha value is -2.15. The maximum atomic E-state index is 6.06. The molecule has 7 heteroatoms. The fourth-order valence-electron chi connectivity index (χ4n) is 2.07. The number of aromatic nitrogens is 4. The second-order valence-electron chi connectivity index (χ2n) is 4.65. The lowest BCUT2D eigenvalue weighted by atomic mass is 10.2. The molecule has 6 nitrogen and oxygen atoms in total. The van der Waals surface area contributed by atoms with Crippen molar-refractivity contribution in [2.45, 2.75) is 13.3 Å². The predicted molar refractivity (Wildman–Crippen MR) is 82.0 cm³/mol. The van der Waals surface area contributed by atoms with Gasteiger partial charge >= 0.3 is 0 Å². The maximum absolute atomic E-state index is 6.06. The van der Waals surface area contributed by atoms with Gasteiger partial charge in [-0.1, -0.05) is 0 Å². The van der Waals surface area contributed by atoms with Crippen LogP contribution < -0.4 is 11.1 Å². The summed E-state index contributed by atoms with van der Waals surface area (Å²) >= 11 is 1.66. The molecule has 0 radical (unpaired) electrons. The second kappa shape index (κ2) is 5.09. The van der Waals surface area contributed by atoms with E-state index >= 15 is 0 Å². The number of nitrogens with zero attached hydrogens (tertiary/aromatic N) is 4. The first kappa shape index (κ1) is 12.9. The number of anilines is 2. The van der Waals surface area contributed by atoms with Crippen LogP contribution in [0.25, 0.3) is 10.2 Å². The molecular weight excluding hydrogens is 272 g/mol. The van der Waals surface area contributed by atoms with Crippen molar-refractivity contribution in [3.8, 4) is 0 Å². The molecule has 0 bridgehead atoms. The molecule has 0 aliphatic rings. The Kier molecular flexibility index (Phi) is 3.27. The van der Waals surface area contributed by atoms with E-state index in [1.807, 2.05) is 26.1 Å².